The van der Waals surface area contributed by atoms with Gasteiger partial charge < -0.3 is 19.7 Å². The highest BCUT2D eigenvalue weighted by Gasteiger charge is 2.26. The average molecular weight is 424 g/mol. The molecule has 0 unspecified atom stereocenters. The number of nitrogens with zero attached hydrogens (tertiary/aromatic N) is 2. The second kappa shape index (κ2) is 9.60. The van der Waals surface area contributed by atoms with Gasteiger partial charge in [0, 0.05) is 38.8 Å². The van der Waals surface area contributed by atoms with Crippen molar-refractivity contribution in [3.63, 3.8) is 0 Å². The predicted molar refractivity (Wildman–Crippen MR) is 122 cm³/mol. The minimum atomic E-state index is 0.0394. The molecule has 0 aliphatic carbocycles. The Kier molecular flexibility index (Phi) is 6.66. The third-order valence-electron chi connectivity index (χ3n) is 6.41. The molecule has 2 aliphatic rings. The number of hydrogen-bond donors (Lipinski definition) is 1. The van der Waals surface area contributed by atoms with Crippen LogP contribution in [0.1, 0.15) is 35.1 Å². The number of fused-ring (bicyclic) bond motifs is 1. The van der Waals surface area contributed by atoms with E-state index in [4.69, 9.17) is 9.47 Å². The van der Waals surface area contributed by atoms with Crippen LogP contribution >= 0.6 is 0 Å². The Morgan fingerprint density at radius 3 is 2.42 bits per heavy atom. The number of carbonyl (C=O) groups is 1. The van der Waals surface area contributed by atoms with Crippen molar-refractivity contribution in [2.45, 2.75) is 45.3 Å². The number of hydrogen-bond acceptors (Lipinski definition) is 4. The summed E-state index contributed by atoms with van der Waals surface area (Å²) in [4.78, 5) is 17.3. The normalized spacial score (nSPS) is 17.2. The number of ether oxygens (including phenoxy) is 2. The summed E-state index contributed by atoms with van der Waals surface area (Å²) >= 11 is 0. The van der Waals surface area contributed by atoms with E-state index in [1.807, 2.05) is 17.0 Å². The average Bonchev–Trinajstić information content (AvgIpc) is 2.79. The van der Waals surface area contributed by atoms with Gasteiger partial charge in [-0.25, -0.2) is 4.79 Å². The quantitative estimate of drug-likeness (QED) is 0.796. The van der Waals surface area contributed by atoms with Gasteiger partial charge in [-0.05, 0) is 55.0 Å². The zero-order valence-corrected chi connectivity index (χ0v) is 18.8. The second-order valence-electron chi connectivity index (χ2n) is 8.64. The fraction of sp³-hybridized carbons (Fsp3) is 0.480. The highest BCUT2D eigenvalue weighted by atomic mass is 16.5. The maximum atomic E-state index is 12.9. The number of amides is 2. The van der Waals surface area contributed by atoms with Gasteiger partial charge in [0.25, 0.3) is 0 Å². The van der Waals surface area contributed by atoms with Crippen LogP contribution in [0.2, 0.25) is 0 Å². The third-order valence-corrected chi connectivity index (χ3v) is 6.41. The molecule has 2 aromatic carbocycles. The molecule has 31 heavy (non-hydrogen) atoms. The van der Waals surface area contributed by atoms with E-state index in [-0.39, 0.29) is 12.1 Å². The van der Waals surface area contributed by atoms with Crippen LogP contribution in [0.3, 0.4) is 0 Å². The van der Waals surface area contributed by atoms with Crippen molar-refractivity contribution < 1.29 is 14.3 Å². The molecule has 0 bridgehead atoms. The van der Waals surface area contributed by atoms with Gasteiger partial charge in [0.15, 0.2) is 11.5 Å². The van der Waals surface area contributed by atoms with E-state index in [9.17, 15) is 4.79 Å². The summed E-state index contributed by atoms with van der Waals surface area (Å²) in [6.45, 7) is 6.47. The van der Waals surface area contributed by atoms with Gasteiger partial charge in [0.05, 0.1) is 14.2 Å². The Labute approximate surface area is 185 Å². The van der Waals surface area contributed by atoms with Crippen LogP contribution in [0.15, 0.2) is 36.4 Å². The topological polar surface area (TPSA) is 54.0 Å². The molecule has 166 valence electrons. The summed E-state index contributed by atoms with van der Waals surface area (Å²) in [6, 6.07) is 13.0. The summed E-state index contributed by atoms with van der Waals surface area (Å²) in [5, 5.41) is 3.27. The van der Waals surface area contributed by atoms with Gasteiger partial charge in [0.2, 0.25) is 0 Å². The first-order valence-corrected chi connectivity index (χ1v) is 11.1. The number of aryl methyl sites for hydroxylation is 1. The molecule has 0 atom stereocenters. The van der Waals surface area contributed by atoms with Gasteiger partial charge in [-0.2, -0.15) is 0 Å². The SMILES string of the molecule is COc1cc2c(cc1OC)CN(C(=O)NC1CCN(Cc3cccc(C)c3)CC1)CC2. The van der Waals surface area contributed by atoms with Crippen LogP contribution in [0.4, 0.5) is 4.79 Å². The second-order valence-corrected chi connectivity index (χ2v) is 8.64. The van der Waals surface area contributed by atoms with E-state index in [0.29, 0.717) is 12.3 Å². The van der Waals surface area contributed by atoms with E-state index in [2.05, 4.69) is 41.4 Å². The van der Waals surface area contributed by atoms with E-state index in [1.54, 1.807) is 14.2 Å². The minimum Gasteiger partial charge on any atom is -0.493 e. The third kappa shape index (κ3) is 5.13. The summed E-state index contributed by atoms with van der Waals surface area (Å²) in [7, 11) is 3.29. The number of carbonyl (C=O) groups excluding carboxylic acids is 1. The van der Waals surface area contributed by atoms with Crippen molar-refractivity contribution in [1.82, 2.24) is 15.1 Å². The molecule has 0 aromatic heterocycles. The van der Waals surface area contributed by atoms with Gasteiger partial charge in [-0.15, -0.1) is 0 Å². The largest absolute Gasteiger partial charge is 0.493 e. The molecule has 4 rings (SSSR count). The molecule has 6 heteroatoms. The molecule has 2 aromatic rings. The van der Waals surface area contributed by atoms with Crippen molar-refractivity contribution in [2.75, 3.05) is 33.9 Å². The van der Waals surface area contributed by atoms with E-state index >= 15 is 0 Å². The summed E-state index contributed by atoms with van der Waals surface area (Å²) in [5.41, 5.74) is 5.03. The molecule has 0 spiro atoms. The van der Waals surface area contributed by atoms with Crippen LogP contribution < -0.4 is 14.8 Å². The van der Waals surface area contributed by atoms with Gasteiger partial charge in [-0.1, -0.05) is 29.8 Å². The monoisotopic (exact) mass is 423 g/mol. The molecular weight excluding hydrogens is 390 g/mol. The Hall–Kier alpha value is -2.73. The molecule has 2 aliphatic heterocycles. The zero-order chi connectivity index (χ0) is 21.8. The highest BCUT2D eigenvalue weighted by molar-refractivity contribution is 5.75. The first kappa shape index (κ1) is 21.5. The van der Waals surface area contributed by atoms with Crippen LogP contribution in [0, 0.1) is 6.92 Å². The number of benzene rings is 2. The lowest BCUT2D eigenvalue weighted by Gasteiger charge is -2.35. The summed E-state index contributed by atoms with van der Waals surface area (Å²) < 4.78 is 10.8. The molecule has 2 heterocycles. The lowest BCUT2D eigenvalue weighted by atomic mass is 9.99. The van der Waals surface area contributed by atoms with Crippen LogP contribution in [0.25, 0.3) is 0 Å². The predicted octanol–water partition coefficient (Wildman–Crippen LogP) is 3.74. The van der Waals surface area contributed by atoms with Crippen molar-refractivity contribution in [3.05, 3.63) is 58.7 Å². The molecule has 1 saturated heterocycles. The fourth-order valence-corrected chi connectivity index (χ4v) is 4.63. The van der Waals surface area contributed by atoms with Gasteiger partial charge in [0.1, 0.15) is 0 Å². The van der Waals surface area contributed by atoms with Crippen LogP contribution in [0.5, 0.6) is 11.5 Å². The van der Waals surface area contributed by atoms with Crippen molar-refractivity contribution in [1.29, 1.82) is 0 Å². The molecule has 0 saturated carbocycles. The molecule has 0 radical (unpaired) electrons. The smallest absolute Gasteiger partial charge is 0.317 e. The summed E-state index contributed by atoms with van der Waals surface area (Å²) in [5.74, 6) is 1.46. The lowest BCUT2D eigenvalue weighted by Crippen LogP contribution is -2.50. The molecule has 6 nitrogen and oxygen atoms in total. The zero-order valence-electron chi connectivity index (χ0n) is 18.8. The standard InChI is InChI=1S/C25H33N3O3/c1-18-5-4-6-19(13-18)16-27-10-8-22(9-11-27)26-25(29)28-12-7-20-14-23(30-2)24(31-3)15-21(20)17-28/h4-6,13-15,22H,7-12,16-17H2,1-3H3,(H,26,29). The van der Waals surface area contributed by atoms with Gasteiger partial charge >= 0.3 is 6.03 Å². The number of rotatable bonds is 5. The van der Waals surface area contributed by atoms with Crippen LogP contribution in [-0.4, -0.2) is 55.7 Å². The molecule has 1 fully saturated rings. The maximum Gasteiger partial charge on any atom is 0.317 e. The summed E-state index contributed by atoms with van der Waals surface area (Å²) in [6.07, 6.45) is 2.82. The lowest BCUT2D eigenvalue weighted by molar-refractivity contribution is 0.165. The Morgan fingerprint density at radius 1 is 1.03 bits per heavy atom. The van der Waals surface area contributed by atoms with Crippen molar-refractivity contribution in [3.8, 4) is 11.5 Å². The van der Waals surface area contributed by atoms with E-state index in [1.165, 1.54) is 16.7 Å². The first-order valence-electron chi connectivity index (χ1n) is 11.1. The number of methoxy groups -OCH3 is 2. The van der Waals surface area contributed by atoms with E-state index < -0.39 is 0 Å². The minimum absolute atomic E-state index is 0.0394. The van der Waals surface area contributed by atoms with Gasteiger partial charge in [-0.3, -0.25) is 4.90 Å². The van der Waals surface area contributed by atoms with Crippen LogP contribution in [-0.2, 0) is 19.5 Å². The Bertz CT molecular complexity index is 922. The molecular formula is C25H33N3O3. The number of urea groups is 1. The number of nitrogens with one attached hydrogen (secondary N) is 1. The number of piperidine rings is 1. The highest BCUT2D eigenvalue weighted by Crippen LogP contribution is 2.33. The molecule has 2 amide bonds. The molecule has 1 N–H and O–H groups in total. The van der Waals surface area contributed by atoms with E-state index in [0.717, 1.165) is 56.8 Å². The Balaban J connectivity index is 1.29. The fourth-order valence-electron chi connectivity index (χ4n) is 4.63. The first-order chi connectivity index (χ1) is 15.1. The van der Waals surface area contributed by atoms with Crippen molar-refractivity contribution >= 4 is 6.03 Å². The number of likely N-dealkylation sites (tertiary alicyclic amines) is 1. The van der Waals surface area contributed by atoms with Crippen molar-refractivity contribution in [2.24, 2.45) is 0 Å². The maximum absolute atomic E-state index is 12.9. The Morgan fingerprint density at radius 2 is 1.74 bits per heavy atom.